The zero-order valence-corrected chi connectivity index (χ0v) is 9.83. The third kappa shape index (κ3) is 6.59. The minimum atomic E-state index is -0.538. The van der Waals surface area contributed by atoms with Crippen LogP contribution in [-0.4, -0.2) is 30.7 Å². The van der Waals surface area contributed by atoms with E-state index in [2.05, 4.69) is 15.3 Å². The lowest BCUT2D eigenvalue weighted by atomic mass is 10.2. The van der Waals surface area contributed by atoms with Crippen LogP contribution < -0.4 is 11.1 Å². The van der Waals surface area contributed by atoms with Crippen LogP contribution in [0.15, 0.2) is 5.16 Å². The molecule has 0 saturated carbocycles. The number of nitrogens with two attached hydrogens (primary N) is 1. The van der Waals surface area contributed by atoms with Crippen molar-refractivity contribution in [2.24, 2.45) is 10.9 Å². The van der Waals surface area contributed by atoms with Gasteiger partial charge >= 0.3 is 6.09 Å². The second kappa shape index (κ2) is 5.43. The first kappa shape index (κ1) is 13.5. The zero-order valence-electron chi connectivity index (χ0n) is 9.83. The third-order valence-corrected chi connectivity index (χ3v) is 1.37. The smallest absolute Gasteiger partial charge is 0.408 e. The molecule has 0 aromatic rings. The van der Waals surface area contributed by atoms with Crippen molar-refractivity contribution in [3.8, 4) is 0 Å². The molecule has 0 aliphatic rings. The number of ether oxygens (including phenoxy) is 1. The van der Waals surface area contributed by atoms with Crippen LogP contribution in [0.2, 0.25) is 0 Å². The van der Waals surface area contributed by atoms with Gasteiger partial charge in [-0.25, -0.2) is 4.79 Å². The van der Waals surface area contributed by atoms with Crippen LogP contribution in [0.3, 0.4) is 0 Å². The summed E-state index contributed by atoms with van der Waals surface area (Å²) < 4.78 is 5.04. The molecule has 0 aromatic carbocycles. The Kier molecular flexibility index (Phi) is 4.90. The average molecular weight is 217 g/mol. The fraction of sp³-hybridized carbons (Fsp3) is 0.778. The standard InChI is InChI=1S/C9H19N3O3/c1-6(7(10)12-14-5)11-8(13)15-9(2,3)4/h6H,1-5H3,(H2,10,12)(H,11,13)/t6-/m1/s1. The highest BCUT2D eigenvalue weighted by Crippen LogP contribution is 2.06. The van der Waals surface area contributed by atoms with E-state index in [-0.39, 0.29) is 5.84 Å². The monoisotopic (exact) mass is 217 g/mol. The minimum absolute atomic E-state index is 0.184. The first-order valence-corrected chi connectivity index (χ1v) is 4.62. The molecule has 88 valence electrons. The highest BCUT2D eigenvalue weighted by Gasteiger charge is 2.18. The van der Waals surface area contributed by atoms with Gasteiger partial charge in [-0.3, -0.25) is 0 Å². The van der Waals surface area contributed by atoms with E-state index in [1.54, 1.807) is 27.7 Å². The number of hydrogen-bond donors (Lipinski definition) is 2. The van der Waals surface area contributed by atoms with Gasteiger partial charge in [-0.1, -0.05) is 5.16 Å². The summed E-state index contributed by atoms with van der Waals surface area (Å²) in [7, 11) is 1.38. The van der Waals surface area contributed by atoms with Gasteiger partial charge in [0.15, 0.2) is 5.84 Å². The number of nitrogens with one attached hydrogen (secondary N) is 1. The summed E-state index contributed by atoms with van der Waals surface area (Å²) in [5.74, 6) is 0.184. The number of alkyl carbamates (subject to hydrolysis) is 1. The number of carbonyl (C=O) groups excluding carboxylic acids is 1. The Hall–Kier alpha value is -1.46. The summed E-state index contributed by atoms with van der Waals surface area (Å²) in [5.41, 5.74) is 4.96. The maximum atomic E-state index is 11.3. The van der Waals surface area contributed by atoms with Gasteiger partial charge in [0, 0.05) is 0 Å². The Labute approximate surface area is 89.8 Å². The molecule has 0 fully saturated rings. The fourth-order valence-corrected chi connectivity index (χ4v) is 0.743. The Balaban J connectivity index is 4.13. The summed E-state index contributed by atoms with van der Waals surface area (Å²) in [6.45, 7) is 7.03. The molecule has 15 heavy (non-hydrogen) atoms. The largest absolute Gasteiger partial charge is 0.444 e. The summed E-state index contributed by atoms with van der Waals surface area (Å²) in [6, 6.07) is -0.431. The van der Waals surface area contributed by atoms with Gasteiger partial charge in [0.1, 0.15) is 12.7 Å². The molecule has 0 saturated heterocycles. The summed E-state index contributed by atoms with van der Waals surface area (Å²) in [4.78, 5) is 15.8. The Morgan fingerprint density at radius 3 is 2.40 bits per heavy atom. The van der Waals surface area contributed by atoms with Crippen LogP contribution in [0.4, 0.5) is 4.79 Å². The van der Waals surface area contributed by atoms with E-state index >= 15 is 0 Å². The van der Waals surface area contributed by atoms with Gasteiger partial charge in [0.05, 0.1) is 6.04 Å². The van der Waals surface area contributed by atoms with Crippen molar-refractivity contribution >= 4 is 11.9 Å². The second-order valence-corrected chi connectivity index (χ2v) is 4.07. The van der Waals surface area contributed by atoms with Crippen LogP contribution >= 0.6 is 0 Å². The van der Waals surface area contributed by atoms with Crippen molar-refractivity contribution in [3.63, 3.8) is 0 Å². The van der Waals surface area contributed by atoms with Gasteiger partial charge in [-0.15, -0.1) is 0 Å². The topological polar surface area (TPSA) is 85.9 Å². The molecule has 0 aliphatic heterocycles. The maximum absolute atomic E-state index is 11.3. The normalized spacial score (nSPS) is 14.3. The lowest BCUT2D eigenvalue weighted by Crippen LogP contribution is -2.44. The maximum Gasteiger partial charge on any atom is 0.408 e. The van der Waals surface area contributed by atoms with Crippen molar-refractivity contribution in [1.29, 1.82) is 0 Å². The Morgan fingerprint density at radius 2 is 2.00 bits per heavy atom. The second-order valence-electron chi connectivity index (χ2n) is 4.07. The van der Waals surface area contributed by atoms with Gasteiger partial charge < -0.3 is 20.6 Å². The van der Waals surface area contributed by atoms with Crippen molar-refractivity contribution < 1.29 is 14.4 Å². The van der Waals surface area contributed by atoms with E-state index in [0.29, 0.717) is 0 Å². The van der Waals surface area contributed by atoms with E-state index in [1.165, 1.54) is 7.11 Å². The van der Waals surface area contributed by atoms with E-state index in [0.717, 1.165) is 0 Å². The highest BCUT2D eigenvalue weighted by atomic mass is 16.6. The lowest BCUT2D eigenvalue weighted by Gasteiger charge is -2.21. The summed E-state index contributed by atoms with van der Waals surface area (Å²) in [5, 5.41) is 6.02. The molecule has 0 bridgehead atoms. The third-order valence-electron chi connectivity index (χ3n) is 1.37. The van der Waals surface area contributed by atoms with Gasteiger partial charge in [0.2, 0.25) is 0 Å². The van der Waals surface area contributed by atoms with Crippen LogP contribution in [0.5, 0.6) is 0 Å². The predicted molar refractivity (Wildman–Crippen MR) is 57.5 cm³/mol. The van der Waals surface area contributed by atoms with Crippen molar-refractivity contribution in [1.82, 2.24) is 5.32 Å². The molecule has 0 spiro atoms. The first-order chi connectivity index (χ1) is 6.76. The minimum Gasteiger partial charge on any atom is -0.444 e. The molecule has 0 aromatic heterocycles. The van der Waals surface area contributed by atoms with E-state index < -0.39 is 17.7 Å². The quantitative estimate of drug-likeness (QED) is 0.416. The lowest BCUT2D eigenvalue weighted by molar-refractivity contribution is 0.0520. The number of nitrogens with zero attached hydrogens (tertiary/aromatic N) is 1. The molecule has 0 unspecified atom stereocenters. The molecule has 1 atom stereocenters. The number of oxime groups is 1. The van der Waals surface area contributed by atoms with E-state index in [4.69, 9.17) is 10.5 Å². The van der Waals surface area contributed by atoms with Crippen LogP contribution in [0.1, 0.15) is 27.7 Å². The Bertz CT molecular complexity index is 245. The van der Waals surface area contributed by atoms with Crippen LogP contribution in [-0.2, 0) is 9.57 Å². The van der Waals surface area contributed by atoms with Crippen molar-refractivity contribution in [3.05, 3.63) is 0 Å². The van der Waals surface area contributed by atoms with Gasteiger partial charge in [-0.2, -0.15) is 0 Å². The zero-order chi connectivity index (χ0) is 12.1. The highest BCUT2D eigenvalue weighted by molar-refractivity contribution is 5.88. The molecule has 0 aliphatic carbocycles. The molecular weight excluding hydrogens is 198 g/mol. The molecule has 1 amide bonds. The number of hydrogen-bond acceptors (Lipinski definition) is 4. The van der Waals surface area contributed by atoms with E-state index in [1.807, 2.05) is 0 Å². The van der Waals surface area contributed by atoms with Gasteiger partial charge in [0.25, 0.3) is 0 Å². The number of amidine groups is 1. The SMILES string of the molecule is CO/N=C(/N)[C@@H](C)NC(=O)OC(C)(C)C. The summed E-state index contributed by atoms with van der Waals surface area (Å²) in [6.07, 6.45) is -0.538. The number of amides is 1. The molecule has 3 N–H and O–H groups in total. The average Bonchev–Trinajstić information content (AvgIpc) is 2.00. The van der Waals surface area contributed by atoms with Gasteiger partial charge in [-0.05, 0) is 27.7 Å². The molecule has 6 heteroatoms. The van der Waals surface area contributed by atoms with Crippen LogP contribution in [0.25, 0.3) is 0 Å². The Morgan fingerprint density at radius 1 is 1.47 bits per heavy atom. The molecular formula is C9H19N3O3. The van der Waals surface area contributed by atoms with E-state index in [9.17, 15) is 4.79 Å². The molecule has 0 rings (SSSR count). The van der Waals surface area contributed by atoms with Crippen molar-refractivity contribution in [2.45, 2.75) is 39.3 Å². The molecule has 6 nitrogen and oxygen atoms in total. The molecule has 0 radical (unpaired) electrons. The number of rotatable bonds is 3. The fourth-order valence-electron chi connectivity index (χ4n) is 0.743. The molecule has 0 heterocycles. The number of carbonyl (C=O) groups is 1. The summed E-state index contributed by atoms with van der Waals surface area (Å²) >= 11 is 0. The van der Waals surface area contributed by atoms with Crippen molar-refractivity contribution in [2.75, 3.05) is 7.11 Å². The van der Waals surface area contributed by atoms with Crippen LogP contribution in [0, 0.1) is 0 Å². The first-order valence-electron chi connectivity index (χ1n) is 4.62. The predicted octanol–water partition coefficient (Wildman–Crippen LogP) is 0.818.